The van der Waals surface area contributed by atoms with Gasteiger partial charge in [-0.3, -0.25) is 10.1 Å². The molecule has 3 heterocycles. The fraction of sp³-hybridized carbons (Fsp3) is 0.375. The van der Waals surface area contributed by atoms with Crippen LogP contribution < -0.4 is 0 Å². The highest BCUT2D eigenvalue weighted by atomic mass is 19.4. The van der Waals surface area contributed by atoms with Crippen LogP contribution in [0.15, 0.2) is 35.0 Å². The van der Waals surface area contributed by atoms with E-state index in [0.717, 1.165) is 21.1 Å². The van der Waals surface area contributed by atoms with E-state index in [1.165, 1.54) is 0 Å². The van der Waals surface area contributed by atoms with Crippen LogP contribution in [0.25, 0.3) is 5.57 Å². The van der Waals surface area contributed by atoms with Gasteiger partial charge < -0.3 is 17.6 Å². The lowest BCUT2D eigenvalue weighted by molar-refractivity contribution is -0.385. The molecule has 0 amide bonds. The number of benzene rings is 1. The van der Waals surface area contributed by atoms with Crippen LogP contribution in [0, 0.1) is 24.0 Å². The summed E-state index contributed by atoms with van der Waals surface area (Å²) in [5.74, 6) is 0. The summed E-state index contributed by atoms with van der Waals surface area (Å²) >= 11 is 0. The van der Waals surface area contributed by atoms with Crippen molar-refractivity contribution >= 4 is 23.9 Å². The molecule has 0 radical (unpaired) electrons. The average molecular weight is 493 g/mol. The molecular weight excluding hydrogens is 468 g/mol. The van der Waals surface area contributed by atoms with Crippen LogP contribution in [0.5, 0.6) is 0 Å². The quantitative estimate of drug-likeness (QED) is 0.204. The molecule has 35 heavy (non-hydrogen) atoms. The van der Waals surface area contributed by atoms with Gasteiger partial charge in [-0.15, -0.1) is 0 Å². The zero-order valence-corrected chi connectivity index (χ0v) is 20.3. The SMILES string of the molecule is CCC1=C(C)C2=C(c3ccc(C(F)(F)F)cc3[N+](=O)[O-])c3c(C)c(CC)c(C)n3[B-](F)(F)[N+]2=C1C. The third-order valence-corrected chi connectivity index (χ3v) is 7.29. The molecule has 0 saturated heterocycles. The molecule has 0 saturated carbocycles. The number of nitro groups is 1. The van der Waals surface area contributed by atoms with Crippen molar-refractivity contribution in [2.24, 2.45) is 0 Å². The van der Waals surface area contributed by atoms with Gasteiger partial charge >= 0.3 is 13.1 Å². The van der Waals surface area contributed by atoms with Gasteiger partial charge in [0.1, 0.15) is 5.71 Å². The lowest BCUT2D eigenvalue weighted by Gasteiger charge is -2.34. The van der Waals surface area contributed by atoms with Crippen molar-refractivity contribution in [3.8, 4) is 0 Å². The summed E-state index contributed by atoms with van der Waals surface area (Å²) in [6, 6.07) is 2.27. The lowest BCUT2D eigenvalue weighted by atomic mass is 9.83. The highest BCUT2D eigenvalue weighted by molar-refractivity contribution is 6.58. The topological polar surface area (TPSA) is 51.1 Å². The molecule has 1 aromatic heterocycles. The van der Waals surface area contributed by atoms with Crippen LogP contribution >= 0.6 is 0 Å². The van der Waals surface area contributed by atoms with E-state index in [9.17, 15) is 23.3 Å². The number of fused-ring (bicyclic) bond motifs is 2. The largest absolute Gasteiger partial charge is 0.737 e. The number of nitro benzene ring substituents is 1. The molecule has 0 fully saturated rings. The molecule has 0 N–H and O–H groups in total. The van der Waals surface area contributed by atoms with E-state index in [1.54, 1.807) is 27.7 Å². The van der Waals surface area contributed by atoms with Gasteiger partial charge in [0.2, 0.25) is 0 Å². The summed E-state index contributed by atoms with van der Waals surface area (Å²) in [5.41, 5.74) is 1.44. The fourth-order valence-electron chi connectivity index (χ4n) is 5.80. The Kier molecular flexibility index (Phi) is 5.61. The van der Waals surface area contributed by atoms with Gasteiger partial charge in [0.25, 0.3) is 5.69 Å². The Morgan fingerprint density at radius 2 is 1.71 bits per heavy atom. The molecule has 2 aliphatic rings. The molecule has 0 unspecified atom stereocenters. The maximum Gasteiger partial charge on any atom is 0.737 e. The molecule has 0 atom stereocenters. The van der Waals surface area contributed by atoms with Crippen LogP contribution in [-0.2, 0) is 12.6 Å². The van der Waals surface area contributed by atoms with E-state index in [4.69, 9.17) is 0 Å². The lowest BCUT2D eigenvalue weighted by Crippen LogP contribution is -2.51. The fourth-order valence-corrected chi connectivity index (χ4v) is 5.80. The van der Waals surface area contributed by atoms with E-state index in [0.29, 0.717) is 52.6 Å². The van der Waals surface area contributed by atoms with E-state index in [2.05, 4.69) is 0 Å². The van der Waals surface area contributed by atoms with Crippen molar-refractivity contribution in [3.05, 3.63) is 78.8 Å². The minimum absolute atomic E-state index is 0.114. The van der Waals surface area contributed by atoms with Crippen molar-refractivity contribution in [2.75, 3.05) is 0 Å². The number of rotatable bonds is 4. The predicted molar refractivity (Wildman–Crippen MR) is 125 cm³/mol. The molecule has 0 bridgehead atoms. The summed E-state index contributed by atoms with van der Waals surface area (Å²) < 4.78 is 74.5. The van der Waals surface area contributed by atoms with E-state index in [-0.39, 0.29) is 22.5 Å². The predicted octanol–water partition coefficient (Wildman–Crippen LogP) is 6.80. The molecule has 5 nitrogen and oxygen atoms in total. The molecule has 186 valence electrons. The highest BCUT2D eigenvalue weighted by Crippen LogP contribution is 2.49. The maximum absolute atomic E-state index is 16.2. The molecule has 0 spiro atoms. The van der Waals surface area contributed by atoms with Crippen LogP contribution in [0.4, 0.5) is 27.5 Å². The number of hydrogen-bond acceptors (Lipinski definition) is 2. The minimum Gasteiger partial charge on any atom is -0.393 e. The smallest absolute Gasteiger partial charge is 0.393 e. The van der Waals surface area contributed by atoms with Gasteiger partial charge in [0, 0.05) is 29.8 Å². The van der Waals surface area contributed by atoms with Crippen LogP contribution in [-0.4, -0.2) is 26.6 Å². The second-order valence-electron chi connectivity index (χ2n) is 8.97. The Labute approximate surface area is 199 Å². The Hall–Kier alpha value is -3.24. The van der Waals surface area contributed by atoms with E-state index in [1.807, 2.05) is 13.8 Å². The Morgan fingerprint density at radius 3 is 2.23 bits per heavy atom. The normalized spacial score (nSPS) is 17.3. The summed E-state index contributed by atoms with van der Waals surface area (Å²) in [7, 11) is 0. The summed E-state index contributed by atoms with van der Waals surface area (Å²) in [5, 5.41) is 12.0. The third-order valence-electron chi connectivity index (χ3n) is 7.29. The van der Waals surface area contributed by atoms with Crippen LogP contribution in [0.2, 0.25) is 0 Å². The molecule has 2 aliphatic heterocycles. The average Bonchev–Trinajstić information content (AvgIpc) is 3.17. The van der Waals surface area contributed by atoms with Crippen molar-refractivity contribution in [1.29, 1.82) is 0 Å². The third kappa shape index (κ3) is 3.30. The first-order chi connectivity index (χ1) is 16.2. The van der Waals surface area contributed by atoms with Crippen molar-refractivity contribution < 1.29 is 31.2 Å². The van der Waals surface area contributed by atoms with Crippen molar-refractivity contribution in [1.82, 2.24) is 4.48 Å². The summed E-state index contributed by atoms with van der Waals surface area (Å²) in [6.45, 7) is 5.85. The molecule has 0 aliphatic carbocycles. The van der Waals surface area contributed by atoms with Gasteiger partial charge in [-0.2, -0.15) is 13.2 Å². The number of halogens is 5. The van der Waals surface area contributed by atoms with Gasteiger partial charge in [0.05, 0.1) is 21.6 Å². The summed E-state index contributed by atoms with van der Waals surface area (Å²) in [4.78, 5) is 11.1. The Bertz CT molecular complexity index is 1400. The van der Waals surface area contributed by atoms with Gasteiger partial charge in [-0.1, -0.05) is 13.8 Å². The second kappa shape index (κ2) is 7.89. The second-order valence-corrected chi connectivity index (χ2v) is 8.97. The first-order valence-electron chi connectivity index (χ1n) is 11.4. The van der Waals surface area contributed by atoms with Gasteiger partial charge in [-0.05, 0) is 62.6 Å². The molecular formula is C24H25BF5N3O2. The van der Waals surface area contributed by atoms with E-state index < -0.39 is 29.3 Å². The zero-order valence-electron chi connectivity index (χ0n) is 20.3. The Morgan fingerprint density at radius 1 is 1.09 bits per heavy atom. The van der Waals surface area contributed by atoms with Crippen LogP contribution in [0.3, 0.4) is 0 Å². The minimum atomic E-state index is -4.79. The number of aromatic nitrogens is 1. The molecule has 1 aromatic carbocycles. The van der Waals surface area contributed by atoms with E-state index >= 15 is 8.63 Å². The molecule has 4 rings (SSSR count). The van der Waals surface area contributed by atoms with Crippen molar-refractivity contribution in [3.63, 3.8) is 0 Å². The summed E-state index contributed by atoms with van der Waals surface area (Å²) in [6.07, 6.45) is -3.88. The standard InChI is InChI=1S/C24H25BF5N3O2/c1-7-17-12(3)22-21(19-10-9-16(24(26,27)28)11-20(19)33(34)35)23-13(4)18(8-2)15(6)32(23)25(29,30)31(22)14(17)5/h9-11H,7-8H2,1-6H3. The first-order valence-corrected chi connectivity index (χ1v) is 11.4. The maximum atomic E-state index is 16.2. The highest BCUT2D eigenvalue weighted by Gasteiger charge is 2.57. The van der Waals surface area contributed by atoms with Crippen molar-refractivity contribution in [2.45, 2.75) is 60.6 Å². The van der Waals surface area contributed by atoms with Gasteiger partial charge in [0.15, 0.2) is 5.70 Å². The molecule has 2 aromatic rings. The van der Waals surface area contributed by atoms with Crippen LogP contribution in [0.1, 0.15) is 67.8 Å². The first kappa shape index (κ1) is 24.9. The number of hydrogen-bond donors (Lipinski definition) is 0. The molecule has 11 heteroatoms. The monoisotopic (exact) mass is 493 g/mol. The zero-order chi connectivity index (χ0) is 26.2. The Balaban J connectivity index is 2.24. The number of nitrogens with zero attached hydrogens (tertiary/aromatic N) is 3. The number of alkyl halides is 3. The number of allylic oxidation sites excluding steroid dienone is 2. The van der Waals surface area contributed by atoms with Gasteiger partial charge in [-0.25, -0.2) is 0 Å².